The standard InChI is InChI=1S/C19H21N7O3S/c1-2-30(28,29)25-14-7-5-13(6-8-14)18-15(19(20)27)11-26(24-18)23-17-10-21-16(9-22-17)12-3-4-12/h5-12,25H,2-4H2,1H3,(H2,20,27)(H,22,23). The molecule has 1 aliphatic rings. The van der Waals surface area contributed by atoms with Crippen LogP contribution in [0.15, 0.2) is 42.9 Å². The molecule has 1 aromatic carbocycles. The summed E-state index contributed by atoms with van der Waals surface area (Å²) in [6.07, 6.45) is 7.11. The van der Waals surface area contributed by atoms with Crippen LogP contribution in [-0.2, 0) is 10.0 Å². The first kappa shape index (κ1) is 19.8. The average Bonchev–Trinajstić information content (AvgIpc) is 3.49. The number of carbonyl (C=O) groups excluding carboxylic acids is 1. The van der Waals surface area contributed by atoms with E-state index in [-0.39, 0.29) is 11.3 Å². The zero-order valence-electron chi connectivity index (χ0n) is 16.2. The number of nitrogens with one attached hydrogen (secondary N) is 2. The molecule has 4 N–H and O–H groups in total. The number of benzene rings is 1. The van der Waals surface area contributed by atoms with E-state index < -0.39 is 15.9 Å². The summed E-state index contributed by atoms with van der Waals surface area (Å²) < 4.78 is 25.9. The third kappa shape index (κ3) is 4.40. The number of hydrogen-bond donors (Lipinski definition) is 3. The second-order valence-corrected chi connectivity index (χ2v) is 9.01. The van der Waals surface area contributed by atoms with Gasteiger partial charge in [0.25, 0.3) is 5.91 Å². The molecule has 1 fully saturated rings. The van der Waals surface area contributed by atoms with Gasteiger partial charge in [-0.25, -0.2) is 13.4 Å². The van der Waals surface area contributed by atoms with Crippen molar-refractivity contribution < 1.29 is 13.2 Å². The van der Waals surface area contributed by atoms with E-state index in [1.807, 2.05) is 0 Å². The van der Waals surface area contributed by atoms with Gasteiger partial charge in [0, 0.05) is 17.2 Å². The van der Waals surface area contributed by atoms with Crippen LogP contribution < -0.4 is 15.9 Å². The van der Waals surface area contributed by atoms with Crippen molar-refractivity contribution in [2.24, 2.45) is 5.73 Å². The molecule has 1 amide bonds. The number of carbonyl (C=O) groups is 1. The Labute approximate surface area is 173 Å². The first-order valence-corrected chi connectivity index (χ1v) is 11.1. The van der Waals surface area contributed by atoms with Crippen molar-refractivity contribution in [2.75, 3.05) is 15.9 Å². The molecule has 0 spiro atoms. The van der Waals surface area contributed by atoms with Gasteiger partial charge in [0.2, 0.25) is 10.0 Å². The first-order valence-electron chi connectivity index (χ1n) is 9.44. The number of hydrogen-bond acceptors (Lipinski definition) is 7. The second-order valence-electron chi connectivity index (χ2n) is 7.00. The van der Waals surface area contributed by atoms with Crippen LogP contribution in [0.5, 0.6) is 0 Å². The van der Waals surface area contributed by atoms with Gasteiger partial charge in [-0.05, 0) is 31.9 Å². The van der Waals surface area contributed by atoms with Gasteiger partial charge in [-0.15, -0.1) is 0 Å². The highest BCUT2D eigenvalue weighted by Gasteiger charge is 2.25. The van der Waals surface area contributed by atoms with E-state index in [1.165, 1.54) is 11.0 Å². The summed E-state index contributed by atoms with van der Waals surface area (Å²) in [6, 6.07) is 6.53. The van der Waals surface area contributed by atoms with Crippen molar-refractivity contribution in [2.45, 2.75) is 25.7 Å². The number of nitrogens with zero attached hydrogens (tertiary/aromatic N) is 4. The zero-order valence-corrected chi connectivity index (χ0v) is 17.1. The van der Waals surface area contributed by atoms with E-state index in [1.54, 1.807) is 43.6 Å². The molecule has 4 rings (SSSR count). The monoisotopic (exact) mass is 427 g/mol. The van der Waals surface area contributed by atoms with E-state index >= 15 is 0 Å². The van der Waals surface area contributed by atoms with Gasteiger partial charge in [-0.1, -0.05) is 12.1 Å². The van der Waals surface area contributed by atoms with E-state index in [2.05, 4.69) is 25.2 Å². The Bertz CT molecular complexity index is 1170. The van der Waals surface area contributed by atoms with Crippen LogP contribution in [0, 0.1) is 0 Å². The van der Waals surface area contributed by atoms with E-state index in [4.69, 9.17) is 5.73 Å². The lowest BCUT2D eigenvalue weighted by atomic mass is 10.1. The van der Waals surface area contributed by atoms with Crippen LogP contribution in [0.2, 0.25) is 0 Å². The number of nitrogens with two attached hydrogens (primary N) is 1. The van der Waals surface area contributed by atoms with Crippen molar-refractivity contribution in [1.82, 2.24) is 19.9 Å². The molecule has 0 aliphatic heterocycles. The van der Waals surface area contributed by atoms with E-state index in [0.717, 1.165) is 18.5 Å². The maximum Gasteiger partial charge on any atom is 0.252 e. The third-order valence-corrected chi connectivity index (χ3v) is 5.99. The Morgan fingerprint density at radius 3 is 2.50 bits per heavy atom. The predicted molar refractivity (Wildman–Crippen MR) is 112 cm³/mol. The fraction of sp³-hybridized carbons (Fsp3) is 0.263. The lowest BCUT2D eigenvalue weighted by Gasteiger charge is -2.07. The van der Waals surface area contributed by atoms with Gasteiger partial charge in [0.1, 0.15) is 5.69 Å². The fourth-order valence-electron chi connectivity index (χ4n) is 2.88. The van der Waals surface area contributed by atoms with E-state index in [9.17, 15) is 13.2 Å². The summed E-state index contributed by atoms with van der Waals surface area (Å²) in [5.41, 5.74) is 11.0. The second kappa shape index (κ2) is 7.75. The van der Waals surface area contributed by atoms with E-state index in [0.29, 0.717) is 28.7 Å². The molecular formula is C19H21N7O3S. The van der Waals surface area contributed by atoms with Gasteiger partial charge in [0.15, 0.2) is 5.82 Å². The predicted octanol–water partition coefficient (Wildman–Crippen LogP) is 1.95. The molecule has 10 nitrogen and oxygen atoms in total. The SMILES string of the molecule is CCS(=O)(=O)Nc1ccc(-c2nn(Nc3cnc(C4CC4)cn3)cc2C(N)=O)cc1. The van der Waals surface area contributed by atoms with Crippen molar-refractivity contribution in [3.05, 3.63) is 54.1 Å². The number of sulfonamides is 1. The first-order chi connectivity index (χ1) is 14.3. The maximum atomic E-state index is 11.9. The normalized spacial score (nSPS) is 13.8. The topological polar surface area (TPSA) is 145 Å². The fourth-order valence-corrected chi connectivity index (χ4v) is 3.52. The van der Waals surface area contributed by atoms with Crippen LogP contribution in [0.3, 0.4) is 0 Å². The summed E-state index contributed by atoms with van der Waals surface area (Å²) in [7, 11) is -3.37. The molecule has 11 heteroatoms. The van der Waals surface area contributed by atoms with Crippen molar-refractivity contribution in [3.8, 4) is 11.3 Å². The smallest absolute Gasteiger partial charge is 0.252 e. The van der Waals surface area contributed by atoms with Crippen LogP contribution >= 0.6 is 0 Å². The van der Waals surface area contributed by atoms with Gasteiger partial charge in [-0.2, -0.15) is 9.89 Å². The van der Waals surface area contributed by atoms with Gasteiger partial charge < -0.3 is 5.73 Å². The molecular weight excluding hydrogens is 406 g/mol. The minimum absolute atomic E-state index is 0.0266. The summed E-state index contributed by atoms with van der Waals surface area (Å²) in [5, 5.41) is 4.39. The van der Waals surface area contributed by atoms with Gasteiger partial charge >= 0.3 is 0 Å². The highest BCUT2D eigenvalue weighted by atomic mass is 32.2. The molecule has 1 saturated carbocycles. The van der Waals surface area contributed by atoms with Crippen LogP contribution in [-0.4, -0.2) is 39.9 Å². The van der Waals surface area contributed by atoms with Crippen molar-refractivity contribution in [1.29, 1.82) is 0 Å². The van der Waals surface area contributed by atoms with Crippen LogP contribution in [0.1, 0.15) is 41.7 Å². The lowest BCUT2D eigenvalue weighted by Crippen LogP contribution is -2.14. The molecule has 0 atom stereocenters. The number of primary amides is 1. The summed E-state index contributed by atoms with van der Waals surface area (Å²) in [6.45, 7) is 1.55. The molecule has 30 heavy (non-hydrogen) atoms. The third-order valence-electron chi connectivity index (χ3n) is 4.69. The largest absolute Gasteiger partial charge is 0.365 e. The van der Waals surface area contributed by atoms with Gasteiger partial charge in [-0.3, -0.25) is 19.9 Å². The number of rotatable bonds is 8. The number of amides is 1. The highest BCUT2D eigenvalue weighted by Crippen LogP contribution is 2.38. The van der Waals surface area contributed by atoms with Crippen molar-refractivity contribution >= 4 is 27.4 Å². The molecule has 0 saturated heterocycles. The summed E-state index contributed by atoms with van der Waals surface area (Å²) in [5.74, 6) is 0.327. The van der Waals surface area contributed by atoms with Gasteiger partial charge in [0.05, 0.1) is 35.6 Å². The highest BCUT2D eigenvalue weighted by molar-refractivity contribution is 7.92. The summed E-state index contributed by atoms with van der Waals surface area (Å²) >= 11 is 0. The average molecular weight is 427 g/mol. The Balaban J connectivity index is 1.57. The Morgan fingerprint density at radius 1 is 1.20 bits per heavy atom. The minimum Gasteiger partial charge on any atom is -0.365 e. The summed E-state index contributed by atoms with van der Waals surface area (Å²) in [4.78, 5) is 22.0. The molecule has 2 aromatic heterocycles. The van der Waals surface area contributed by atoms with Crippen LogP contribution in [0.4, 0.5) is 11.5 Å². The number of aromatic nitrogens is 4. The molecule has 0 unspecified atom stereocenters. The maximum absolute atomic E-state index is 11.9. The Hall–Kier alpha value is -3.47. The molecule has 156 valence electrons. The molecule has 1 aliphatic carbocycles. The molecule has 0 radical (unpaired) electrons. The quantitative estimate of drug-likeness (QED) is 0.498. The van der Waals surface area contributed by atoms with Crippen LogP contribution in [0.25, 0.3) is 11.3 Å². The Morgan fingerprint density at radius 2 is 1.93 bits per heavy atom. The lowest BCUT2D eigenvalue weighted by molar-refractivity contribution is 0.100. The Kier molecular flexibility index (Phi) is 5.12. The number of anilines is 2. The zero-order chi connectivity index (χ0) is 21.3. The minimum atomic E-state index is -3.37. The molecule has 0 bridgehead atoms. The van der Waals surface area contributed by atoms with Crippen molar-refractivity contribution in [3.63, 3.8) is 0 Å². The molecule has 3 aromatic rings. The molecule has 2 heterocycles.